The number of carbonyl (C=O) groups is 1. The van der Waals surface area contributed by atoms with Crippen LogP contribution in [0.3, 0.4) is 0 Å². The summed E-state index contributed by atoms with van der Waals surface area (Å²) in [6.45, 7) is 4.38. The van der Waals surface area contributed by atoms with E-state index in [9.17, 15) is 14.9 Å². The van der Waals surface area contributed by atoms with Gasteiger partial charge in [-0.05, 0) is 36.8 Å². The van der Waals surface area contributed by atoms with Crippen molar-refractivity contribution in [2.75, 3.05) is 5.32 Å². The van der Waals surface area contributed by atoms with Crippen molar-refractivity contribution in [1.29, 1.82) is 0 Å². The van der Waals surface area contributed by atoms with Gasteiger partial charge in [-0.2, -0.15) is 0 Å². The van der Waals surface area contributed by atoms with Gasteiger partial charge >= 0.3 is 0 Å². The third kappa shape index (κ3) is 2.81. The first-order chi connectivity index (χ1) is 9.56. The lowest BCUT2D eigenvalue weighted by atomic mass is 9.93. The molecule has 1 fully saturated rings. The van der Waals surface area contributed by atoms with E-state index in [1.807, 2.05) is 0 Å². The quantitative estimate of drug-likeness (QED) is 0.506. The zero-order chi connectivity index (χ0) is 14.7. The summed E-state index contributed by atoms with van der Waals surface area (Å²) in [5, 5.41) is 14.4. The molecule has 0 saturated heterocycles. The number of aldehydes is 1. The fraction of sp³-hybridized carbons (Fsp3) is 0.533. The van der Waals surface area contributed by atoms with Gasteiger partial charge in [-0.1, -0.05) is 20.3 Å². The molecule has 1 aromatic rings. The second kappa shape index (κ2) is 6.03. The van der Waals surface area contributed by atoms with Crippen LogP contribution in [0.4, 0.5) is 11.4 Å². The van der Waals surface area contributed by atoms with Gasteiger partial charge in [0.1, 0.15) is 12.0 Å². The Balaban J connectivity index is 2.21. The lowest BCUT2D eigenvalue weighted by molar-refractivity contribution is -0.384. The molecule has 5 heteroatoms. The second-order valence-corrected chi connectivity index (χ2v) is 5.51. The molecule has 108 valence electrons. The van der Waals surface area contributed by atoms with E-state index in [-0.39, 0.29) is 11.7 Å². The maximum Gasteiger partial charge on any atom is 0.293 e. The van der Waals surface area contributed by atoms with Gasteiger partial charge in [-0.25, -0.2) is 0 Å². The number of benzene rings is 1. The fourth-order valence-electron chi connectivity index (χ4n) is 3.12. The molecule has 1 aromatic carbocycles. The van der Waals surface area contributed by atoms with Crippen LogP contribution in [0.2, 0.25) is 0 Å². The summed E-state index contributed by atoms with van der Waals surface area (Å²) in [7, 11) is 0. The zero-order valence-corrected chi connectivity index (χ0v) is 11.8. The van der Waals surface area contributed by atoms with Crippen molar-refractivity contribution in [3.05, 3.63) is 33.9 Å². The third-order valence-electron chi connectivity index (χ3n) is 4.45. The van der Waals surface area contributed by atoms with Crippen molar-refractivity contribution in [2.24, 2.45) is 11.8 Å². The highest BCUT2D eigenvalue weighted by molar-refractivity contribution is 5.79. The minimum atomic E-state index is -0.438. The Morgan fingerprint density at radius 1 is 1.45 bits per heavy atom. The standard InChI is InChI=1S/C15H20N2O3/c1-3-12-5-7-13(10(12)2)16-14-6-4-11(9-18)8-15(14)17(19)20/h4,6,8-10,12-13,16H,3,5,7H2,1-2H3. The first-order valence-electron chi connectivity index (χ1n) is 7.07. The fourth-order valence-corrected chi connectivity index (χ4v) is 3.12. The summed E-state index contributed by atoms with van der Waals surface area (Å²) >= 11 is 0. The predicted octanol–water partition coefficient (Wildman–Crippen LogP) is 3.64. The summed E-state index contributed by atoms with van der Waals surface area (Å²) < 4.78 is 0. The maximum atomic E-state index is 11.1. The number of hydrogen-bond donors (Lipinski definition) is 1. The lowest BCUT2D eigenvalue weighted by Crippen LogP contribution is -2.25. The van der Waals surface area contributed by atoms with E-state index in [1.54, 1.807) is 12.1 Å². The molecule has 3 atom stereocenters. The van der Waals surface area contributed by atoms with Crippen LogP contribution < -0.4 is 5.32 Å². The van der Waals surface area contributed by atoms with Crippen LogP contribution in [-0.2, 0) is 0 Å². The average molecular weight is 276 g/mol. The van der Waals surface area contributed by atoms with Crippen molar-refractivity contribution >= 4 is 17.7 Å². The van der Waals surface area contributed by atoms with Gasteiger partial charge in [0.05, 0.1) is 4.92 Å². The number of nitrogens with zero attached hydrogens (tertiary/aromatic N) is 1. The molecule has 20 heavy (non-hydrogen) atoms. The van der Waals surface area contributed by atoms with Crippen LogP contribution >= 0.6 is 0 Å². The Morgan fingerprint density at radius 2 is 2.20 bits per heavy atom. The van der Waals surface area contributed by atoms with Crippen LogP contribution in [-0.4, -0.2) is 17.3 Å². The Morgan fingerprint density at radius 3 is 2.75 bits per heavy atom. The van der Waals surface area contributed by atoms with E-state index in [1.165, 1.54) is 6.07 Å². The van der Waals surface area contributed by atoms with Crippen molar-refractivity contribution in [1.82, 2.24) is 0 Å². The van der Waals surface area contributed by atoms with Crippen LogP contribution in [0.5, 0.6) is 0 Å². The highest BCUT2D eigenvalue weighted by atomic mass is 16.6. The molecule has 1 saturated carbocycles. The number of nitro groups is 1. The van der Waals surface area contributed by atoms with E-state index in [0.717, 1.165) is 19.3 Å². The molecule has 0 bridgehead atoms. The first-order valence-corrected chi connectivity index (χ1v) is 7.07. The molecule has 1 N–H and O–H groups in total. The first kappa shape index (κ1) is 14.5. The van der Waals surface area contributed by atoms with Crippen molar-refractivity contribution < 1.29 is 9.72 Å². The molecule has 0 aliphatic heterocycles. The van der Waals surface area contributed by atoms with Gasteiger partial charge in [0, 0.05) is 17.7 Å². The molecule has 0 aromatic heterocycles. The SMILES string of the molecule is CCC1CCC(Nc2ccc(C=O)cc2[N+](=O)[O-])C1C. The van der Waals surface area contributed by atoms with Gasteiger partial charge in [0.15, 0.2) is 0 Å². The number of nitro benzene ring substituents is 1. The number of carbonyl (C=O) groups excluding carboxylic acids is 1. The summed E-state index contributed by atoms with van der Waals surface area (Å²) in [6.07, 6.45) is 3.97. The highest BCUT2D eigenvalue weighted by Gasteiger charge is 2.32. The van der Waals surface area contributed by atoms with E-state index in [4.69, 9.17) is 0 Å². The molecular weight excluding hydrogens is 256 g/mol. The molecule has 2 rings (SSSR count). The van der Waals surface area contributed by atoms with Gasteiger partial charge in [-0.15, -0.1) is 0 Å². The van der Waals surface area contributed by atoms with Gasteiger partial charge in [0.25, 0.3) is 5.69 Å². The summed E-state index contributed by atoms with van der Waals surface area (Å²) in [6, 6.07) is 4.83. The molecule has 1 aliphatic rings. The molecule has 0 heterocycles. The molecule has 0 spiro atoms. The monoisotopic (exact) mass is 276 g/mol. The van der Waals surface area contributed by atoms with Gasteiger partial charge in [-0.3, -0.25) is 14.9 Å². The van der Waals surface area contributed by atoms with Crippen LogP contribution in [0.25, 0.3) is 0 Å². The summed E-state index contributed by atoms with van der Waals surface area (Å²) in [5.41, 5.74) is 0.809. The summed E-state index contributed by atoms with van der Waals surface area (Å²) in [4.78, 5) is 21.4. The smallest absolute Gasteiger partial charge is 0.293 e. The van der Waals surface area contributed by atoms with Crippen LogP contribution in [0.1, 0.15) is 43.5 Å². The lowest BCUT2D eigenvalue weighted by Gasteiger charge is -2.22. The number of anilines is 1. The van der Waals surface area contributed by atoms with E-state index in [0.29, 0.717) is 29.4 Å². The number of rotatable bonds is 5. The van der Waals surface area contributed by atoms with E-state index >= 15 is 0 Å². The Labute approximate surface area is 118 Å². The maximum absolute atomic E-state index is 11.1. The molecule has 5 nitrogen and oxygen atoms in total. The van der Waals surface area contributed by atoms with E-state index < -0.39 is 4.92 Å². The third-order valence-corrected chi connectivity index (χ3v) is 4.45. The predicted molar refractivity (Wildman–Crippen MR) is 78.1 cm³/mol. The average Bonchev–Trinajstić information content (AvgIpc) is 2.79. The highest BCUT2D eigenvalue weighted by Crippen LogP contribution is 2.37. The Kier molecular flexibility index (Phi) is 4.37. The van der Waals surface area contributed by atoms with Gasteiger partial charge < -0.3 is 5.32 Å². The molecular formula is C15H20N2O3. The Hall–Kier alpha value is -1.91. The van der Waals surface area contributed by atoms with Gasteiger partial charge in [0.2, 0.25) is 0 Å². The normalized spacial score (nSPS) is 25.4. The second-order valence-electron chi connectivity index (χ2n) is 5.51. The van der Waals surface area contributed by atoms with Crippen molar-refractivity contribution in [3.63, 3.8) is 0 Å². The number of nitrogens with one attached hydrogen (secondary N) is 1. The zero-order valence-electron chi connectivity index (χ0n) is 11.8. The van der Waals surface area contributed by atoms with E-state index in [2.05, 4.69) is 19.2 Å². The molecule has 0 radical (unpaired) electrons. The van der Waals surface area contributed by atoms with Crippen LogP contribution in [0.15, 0.2) is 18.2 Å². The number of hydrogen-bond acceptors (Lipinski definition) is 4. The minimum Gasteiger partial charge on any atom is -0.376 e. The largest absolute Gasteiger partial charge is 0.376 e. The van der Waals surface area contributed by atoms with Crippen molar-refractivity contribution in [2.45, 2.75) is 39.2 Å². The molecule has 0 amide bonds. The van der Waals surface area contributed by atoms with Crippen LogP contribution in [0, 0.1) is 22.0 Å². The topological polar surface area (TPSA) is 72.2 Å². The van der Waals surface area contributed by atoms with Crippen molar-refractivity contribution in [3.8, 4) is 0 Å². The molecule has 1 aliphatic carbocycles. The minimum absolute atomic E-state index is 0.0262. The molecule has 3 unspecified atom stereocenters. The summed E-state index contributed by atoms with van der Waals surface area (Å²) in [5.74, 6) is 1.19. The Bertz CT molecular complexity index is 516.